The standard InChI is InChI=1S/C16H12BrClN2O3S/c1-10-2-3-11(9-19)6-15(10)24(22,23)20-16(21)7-12-4-5-13(17)8-14(12)18/h2-6,8H,7H2,1H3,(H,20,21). The Bertz CT molecular complexity index is 952. The summed E-state index contributed by atoms with van der Waals surface area (Å²) in [5.41, 5.74) is 1.15. The number of carbonyl (C=O) groups excluding carboxylic acids is 1. The first-order valence-electron chi connectivity index (χ1n) is 6.73. The molecule has 0 unspecified atom stereocenters. The van der Waals surface area contributed by atoms with Crippen LogP contribution in [0.25, 0.3) is 0 Å². The van der Waals surface area contributed by atoms with Gasteiger partial charge in [0, 0.05) is 9.50 Å². The zero-order chi connectivity index (χ0) is 17.9. The zero-order valence-corrected chi connectivity index (χ0v) is 15.7. The fourth-order valence-corrected chi connectivity index (χ4v) is 4.03. The average molecular weight is 428 g/mol. The maximum Gasteiger partial charge on any atom is 0.264 e. The van der Waals surface area contributed by atoms with Crippen LogP contribution in [0.15, 0.2) is 45.8 Å². The highest BCUT2D eigenvalue weighted by atomic mass is 79.9. The fraction of sp³-hybridized carbons (Fsp3) is 0.125. The molecule has 0 aliphatic heterocycles. The molecule has 0 bridgehead atoms. The van der Waals surface area contributed by atoms with Crippen LogP contribution in [0.1, 0.15) is 16.7 Å². The molecular formula is C16H12BrClN2O3S. The number of carbonyl (C=O) groups is 1. The van der Waals surface area contributed by atoms with Crippen molar-refractivity contribution in [3.8, 4) is 6.07 Å². The number of aryl methyl sites for hydroxylation is 1. The summed E-state index contributed by atoms with van der Waals surface area (Å²) < 4.78 is 27.5. The highest BCUT2D eigenvalue weighted by molar-refractivity contribution is 9.10. The lowest BCUT2D eigenvalue weighted by Crippen LogP contribution is -2.32. The predicted octanol–water partition coefficient (Wildman–Crippen LogP) is 3.33. The predicted molar refractivity (Wildman–Crippen MR) is 94.1 cm³/mol. The van der Waals surface area contributed by atoms with Crippen molar-refractivity contribution in [2.45, 2.75) is 18.2 Å². The highest BCUT2D eigenvalue weighted by Gasteiger charge is 2.21. The second-order valence-corrected chi connectivity index (χ2v) is 8.01. The number of amides is 1. The molecule has 0 fully saturated rings. The van der Waals surface area contributed by atoms with Crippen LogP contribution in [0.4, 0.5) is 0 Å². The van der Waals surface area contributed by atoms with Crippen LogP contribution in [-0.4, -0.2) is 14.3 Å². The van der Waals surface area contributed by atoms with Gasteiger partial charge in [0.2, 0.25) is 5.91 Å². The van der Waals surface area contributed by atoms with Crippen molar-refractivity contribution in [3.63, 3.8) is 0 Å². The second kappa shape index (κ2) is 7.34. The van der Waals surface area contributed by atoms with Gasteiger partial charge in [-0.2, -0.15) is 5.26 Å². The molecule has 0 aromatic heterocycles. The van der Waals surface area contributed by atoms with E-state index in [1.807, 2.05) is 10.8 Å². The van der Waals surface area contributed by atoms with Crippen LogP contribution in [0.3, 0.4) is 0 Å². The largest absolute Gasteiger partial charge is 0.274 e. The Hall–Kier alpha value is -1.88. The molecular weight excluding hydrogens is 416 g/mol. The van der Waals surface area contributed by atoms with E-state index in [1.165, 1.54) is 18.2 Å². The summed E-state index contributed by atoms with van der Waals surface area (Å²) in [7, 11) is -4.07. The quantitative estimate of drug-likeness (QED) is 0.811. The number of hydrogen-bond donors (Lipinski definition) is 1. The molecule has 24 heavy (non-hydrogen) atoms. The monoisotopic (exact) mass is 426 g/mol. The van der Waals surface area contributed by atoms with Crippen LogP contribution in [0.2, 0.25) is 5.02 Å². The van der Waals surface area contributed by atoms with Crippen molar-refractivity contribution in [2.75, 3.05) is 0 Å². The number of rotatable bonds is 4. The van der Waals surface area contributed by atoms with Crippen molar-refractivity contribution in [2.24, 2.45) is 0 Å². The van der Waals surface area contributed by atoms with Gasteiger partial charge in [0.05, 0.1) is 22.9 Å². The van der Waals surface area contributed by atoms with Gasteiger partial charge in [-0.1, -0.05) is 39.7 Å². The van der Waals surface area contributed by atoms with Crippen LogP contribution >= 0.6 is 27.5 Å². The van der Waals surface area contributed by atoms with Crippen LogP contribution in [0, 0.1) is 18.3 Å². The van der Waals surface area contributed by atoms with Crippen molar-refractivity contribution in [1.29, 1.82) is 5.26 Å². The number of nitrogens with zero attached hydrogens (tertiary/aromatic N) is 1. The molecule has 0 aliphatic carbocycles. The van der Waals surface area contributed by atoms with Gasteiger partial charge in [-0.05, 0) is 42.3 Å². The van der Waals surface area contributed by atoms with Crippen LogP contribution in [0.5, 0.6) is 0 Å². The molecule has 2 rings (SSSR count). The van der Waals surface area contributed by atoms with Crippen molar-refractivity contribution in [1.82, 2.24) is 4.72 Å². The zero-order valence-electron chi connectivity index (χ0n) is 12.5. The number of nitriles is 1. The summed E-state index contributed by atoms with van der Waals surface area (Å²) in [6.45, 7) is 1.59. The van der Waals surface area contributed by atoms with Crippen molar-refractivity contribution < 1.29 is 13.2 Å². The Balaban J connectivity index is 2.23. The number of nitrogens with one attached hydrogen (secondary N) is 1. The molecule has 1 amide bonds. The summed E-state index contributed by atoms with van der Waals surface area (Å²) >= 11 is 9.29. The van der Waals surface area contributed by atoms with E-state index in [-0.39, 0.29) is 16.9 Å². The summed E-state index contributed by atoms with van der Waals surface area (Å²) in [5.74, 6) is -0.707. The van der Waals surface area contributed by atoms with Crippen molar-refractivity contribution in [3.05, 3.63) is 62.6 Å². The average Bonchev–Trinajstić information content (AvgIpc) is 2.50. The molecule has 0 saturated heterocycles. The SMILES string of the molecule is Cc1ccc(C#N)cc1S(=O)(=O)NC(=O)Cc1ccc(Br)cc1Cl. The molecule has 2 aromatic carbocycles. The Morgan fingerprint density at radius 3 is 2.62 bits per heavy atom. The third kappa shape index (κ3) is 4.35. The summed E-state index contributed by atoms with van der Waals surface area (Å²) in [5, 5.41) is 9.26. The van der Waals surface area contributed by atoms with E-state index >= 15 is 0 Å². The molecule has 0 aliphatic rings. The lowest BCUT2D eigenvalue weighted by atomic mass is 10.1. The molecule has 0 spiro atoms. The number of benzene rings is 2. The minimum Gasteiger partial charge on any atom is -0.274 e. The van der Waals surface area contributed by atoms with Gasteiger partial charge in [0.25, 0.3) is 10.0 Å². The van der Waals surface area contributed by atoms with Gasteiger partial charge in [0.1, 0.15) is 0 Å². The molecule has 0 heterocycles. The van der Waals surface area contributed by atoms with E-state index in [0.717, 1.165) is 4.47 Å². The Kier molecular flexibility index (Phi) is 5.65. The van der Waals surface area contributed by atoms with Gasteiger partial charge in [-0.15, -0.1) is 0 Å². The van der Waals surface area contributed by atoms with Gasteiger partial charge in [0.15, 0.2) is 0 Å². The molecule has 1 N–H and O–H groups in total. The molecule has 0 saturated carbocycles. The molecule has 5 nitrogen and oxygen atoms in total. The molecule has 0 atom stereocenters. The van der Waals surface area contributed by atoms with Crippen LogP contribution in [-0.2, 0) is 21.2 Å². The van der Waals surface area contributed by atoms with E-state index in [2.05, 4.69) is 15.9 Å². The summed E-state index contributed by atoms with van der Waals surface area (Å²) in [6, 6.07) is 11.1. The number of hydrogen-bond acceptors (Lipinski definition) is 4. The van der Waals surface area contributed by atoms with Gasteiger partial charge in [-0.3, -0.25) is 4.79 Å². The molecule has 8 heteroatoms. The van der Waals surface area contributed by atoms with E-state index in [1.54, 1.807) is 25.1 Å². The maximum atomic E-state index is 12.4. The van der Waals surface area contributed by atoms with E-state index in [4.69, 9.17) is 16.9 Å². The Labute approximate surface area is 153 Å². The Morgan fingerprint density at radius 1 is 1.29 bits per heavy atom. The smallest absolute Gasteiger partial charge is 0.264 e. The van der Waals surface area contributed by atoms with Gasteiger partial charge >= 0.3 is 0 Å². The number of halogens is 2. The van der Waals surface area contributed by atoms with Crippen LogP contribution < -0.4 is 4.72 Å². The Morgan fingerprint density at radius 2 is 2.00 bits per heavy atom. The normalized spacial score (nSPS) is 10.9. The third-order valence-electron chi connectivity index (χ3n) is 3.22. The fourth-order valence-electron chi connectivity index (χ4n) is 2.04. The van der Waals surface area contributed by atoms with E-state index in [9.17, 15) is 13.2 Å². The van der Waals surface area contributed by atoms with E-state index < -0.39 is 15.9 Å². The summed E-state index contributed by atoms with van der Waals surface area (Å²) in [6.07, 6.45) is -0.178. The van der Waals surface area contributed by atoms with Gasteiger partial charge in [-0.25, -0.2) is 13.1 Å². The molecule has 2 aromatic rings. The maximum absolute atomic E-state index is 12.4. The first-order chi connectivity index (χ1) is 11.2. The minimum atomic E-state index is -4.07. The topological polar surface area (TPSA) is 87.0 Å². The lowest BCUT2D eigenvalue weighted by molar-refractivity contribution is -0.118. The highest BCUT2D eigenvalue weighted by Crippen LogP contribution is 2.22. The first kappa shape index (κ1) is 18.5. The van der Waals surface area contributed by atoms with Crippen molar-refractivity contribution >= 4 is 43.5 Å². The van der Waals surface area contributed by atoms with E-state index in [0.29, 0.717) is 16.1 Å². The number of sulfonamides is 1. The first-order valence-corrected chi connectivity index (χ1v) is 9.38. The summed E-state index contributed by atoms with van der Waals surface area (Å²) in [4.78, 5) is 12.0. The lowest BCUT2D eigenvalue weighted by Gasteiger charge is -2.10. The second-order valence-electron chi connectivity index (χ2n) is 5.03. The minimum absolute atomic E-state index is 0.100. The third-order valence-corrected chi connectivity index (χ3v) is 5.58. The molecule has 0 radical (unpaired) electrons. The van der Waals surface area contributed by atoms with Gasteiger partial charge < -0.3 is 0 Å². The molecule has 124 valence electrons.